The van der Waals surface area contributed by atoms with Gasteiger partial charge in [-0.1, -0.05) is 13.8 Å². The third-order valence-electron chi connectivity index (χ3n) is 3.68. The number of carbonyl (C=O) groups excluding carboxylic acids is 2. The second kappa shape index (κ2) is 2.19. The first-order chi connectivity index (χ1) is 6.53. The monoisotopic (exact) mass is 195 g/mol. The van der Waals surface area contributed by atoms with E-state index >= 15 is 0 Å². The Hall–Kier alpha value is -0.900. The van der Waals surface area contributed by atoms with E-state index in [1.165, 1.54) is 4.90 Å². The molecule has 0 aromatic rings. The molecule has 0 spiro atoms. The van der Waals surface area contributed by atoms with Gasteiger partial charge in [0.2, 0.25) is 11.8 Å². The van der Waals surface area contributed by atoms with E-state index in [1.54, 1.807) is 0 Å². The molecule has 3 aliphatic rings. The fraction of sp³-hybridized carbons (Fsp3) is 0.800. The summed E-state index contributed by atoms with van der Waals surface area (Å²) in [6, 6.07) is 0. The van der Waals surface area contributed by atoms with E-state index in [4.69, 9.17) is 4.74 Å². The fourth-order valence-electron chi connectivity index (χ4n) is 2.56. The first-order valence-corrected chi connectivity index (χ1v) is 5.00. The lowest BCUT2D eigenvalue weighted by Gasteiger charge is -2.19. The molecule has 2 aliphatic heterocycles. The Morgan fingerprint density at radius 1 is 1.36 bits per heavy atom. The Morgan fingerprint density at radius 2 is 1.86 bits per heavy atom. The van der Waals surface area contributed by atoms with Crippen molar-refractivity contribution in [1.82, 2.24) is 4.90 Å². The largest absolute Gasteiger partial charge is 0.371 e. The number of epoxide rings is 1. The van der Waals surface area contributed by atoms with Crippen LogP contribution < -0.4 is 0 Å². The molecule has 0 N–H and O–H groups in total. The maximum absolute atomic E-state index is 11.8. The van der Waals surface area contributed by atoms with E-state index in [2.05, 4.69) is 0 Å². The molecule has 3 atom stereocenters. The maximum atomic E-state index is 11.8. The normalized spacial score (nSPS) is 42.7. The summed E-state index contributed by atoms with van der Waals surface area (Å²) in [7, 11) is 0. The molecule has 2 heterocycles. The van der Waals surface area contributed by atoms with Crippen molar-refractivity contribution < 1.29 is 14.3 Å². The quantitative estimate of drug-likeness (QED) is 0.461. The van der Waals surface area contributed by atoms with Crippen LogP contribution in [0.2, 0.25) is 0 Å². The number of amides is 2. The Balaban J connectivity index is 1.79. The second-order valence-corrected chi connectivity index (χ2v) is 5.02. The van der Waals surface area contributed by atoms with Gasteiger partial charge in [0.15, 0.2) is 0 Å². The van der Waals surface area contributed by atoms with Crippen LogP contribution in [0.1, 0.15) is 13.8 Å². The molecule has 0 aromatic carbocycles. The number of likely N-dealkylation sites (tertiary alicyclic amines) is 1. The van der Waals surface area contributed by atoms with Crippen LogP contribution in [0.5, 0.6) is 0 Å². The maximum Gasteiger partial charge on any atom is 0.233 e. The van der Waals surface area contributed by atoms with Crippen molar-refractivity contribution in [3.63, 3.8) is 0 Å². The van der Waals surface area contributed by atoms with Crippen molar-refractivity contribution in [2.24, 2.45) is 17.3 Å². The third kappa shape index (κ3) is 0.869. The fourth-order valence-corrected chi connectivity index (χ4v) is 2.56. The number of hydrogen-bond acceptors (Lipinski definition) is 3. The summed E-state index contributed by atoms with van der Waals surface area (Å²) in [5.41, 5.74) is -0.0882. The van der Waals surface area contributed by atoms with E-state index < -0.39 is 0 Å². The SMILES string of the molecule is CC1(C)C2C(=O)N(CC3CO3)C(=O)C21. The van der Waals surface area contributed by atoms with E-state index in [1.807, 2.05) is 13.8 Å². The number of ether oxygens (including phenoxy) is 1. The molecule has 0 radical (unpaired) electrons. The number of fused-ring (bicyclic) bond motifs is 1. The van der Waals surface area contributed by atoms with Crippen LogP contribution >= 0.6 is 0 Å². The van der Waals surface area contributed by atoms with Gasteiger partial charge in [-0.05, 0) is 5.41 Å². The molecular weight excluding hydrogens is 182 g/mol. The van der Waals surface area contributed by atoms with E-state index in [-0.39, 0.29) is 35.2 Å². The van der Waals surface area contributed by atoms with Crippen LogP contribution in [-0.2, 0) is 14.3 Å². The zero-order valence-electron chi connectivity index (χ0n) is 8.32. The highest BCUT2D eigenvalue weighted by molar-refractivity contribution is 6.10. The minimum Gasteiger partial charge on any atom is -0.371 e. The first-order valence-electron chi connectivity index (χ1n) is 5.00. The van der Waals surface area contributed by atoms with Crippen molar-refractivity contribution in [3.05, 3.63) is 0 Å². The van der Waals surface area contributed by atoms with Crippen molar-refractivity contribution >= 4 is 11.8 Å². The molecular formula is C10H13NO3. The highest BCUT2D eigenvalue weighted by atomic mass is 16.6. The van der Waals surface area contributed by atoms with E-state index in [9.17, 15) is 9.59 Å². The summed E-state index contributed by atoms with van der Waals surface area (Å²) >= 11 is 0. The highest BCUT2D eigenvalue weighted by Gasteiger charge is 2.72. The van der Waals surface area contributed by atoms with Gasteiger partial charge in [-0.2, -0.15) is 0 Å². The molecule has 1 aliphatic carbocycles. The molecule has 0 bridgehead atoms. The van der Waals surface area contributed by atoms with Gasteiger partial charge in [-0.25, -0.2) is 0 Å². The van der Waals surface area contributed by atoms with Crippen LogP contribution in [-0.4, -0.2) is 36.0 Å². The molecule has 1 saturated carbocycles. The zero-order valence-corrected chi connectivity index (χ0v) is 8.32. The number of hydrogen-bond donors (Lipinski definition) is 0. The Labute approximate surface area is 82.2 Å². The number of nitrogens with zero attached hydrogens (tertiary/aromatic N) is 1. The molecule has 3 rings (SSSR count). The lowest BCUT2D eigenvalue weighted by atomic mass is 10.1. The molecule has 76 valence electrons. The molecule has 14 heavy (non-hydrogen) atoms. The highest BCUT2D eigenvalue weighted by Crippen LogP contribution is 2.63. The van der Waals surface area contributed by atoms with Gasteiger partial charge in [0.25, 0.3) is 0 Å². The second-order valence-electron chi connectivity index (χ2n) is 5.02. The van der Waals surface area contributed by atoms with Crippen molar-refractivity contribution in [3.8, 4) is 0 Å². The molecule has 3 unspecified atom stereocenters. The average molecular weight is 195 g/mol. The number of rotatable bonds is 2. The summed E-state index contributed by atoms with van der Waals surface area (Å²) in [5.74, 6) is -0.0662. The molecule has 2 amide bonds. The predicted octanol–water partition coefficient (Wildman–Crippen LogP) is 0.0262. The Bertz CT molecular complexity index is 308. The van der Waals surface area contributed by atoms with Crippen LogP contribution in [0.25, 0.3) is 0 Å². The molecule has 4 heteroatoms. The molecule has 2 saturated heterocycles. The Kier molecular flexibility index (Phi) is 1.31. The molecule has 3 fully saturated rings. The summed E-state index contributed by atoms with van der Waals surface area (Å²) < 4.78 is 5.02. The number of imide groups is 1. The van der Waals surface area contributed by atoms with Crippen LogP contribution in [0.3, 0.4) is 0 Å². The van der Waals surface area contributed by atoms with Crippen molar-refractivity contribution in [2.75, 3.05) is 13.2 Å². The van der Waals surface area contributed by atoms with Gasteiger partial charge < -0.3 is 4.74 Å². The molecule has 4 nitrogen and oxygen atoms in total. The van der Waals surface area contributed by atoms with Crippen LogP contribution in [0.15, 0.2) is 0 Å². The standard InChI is InChI=1S/C10H13NO3/c1-10(2)6-7(10)9(13)11(8(6)12)3-5-4-14-5/h5-7H,3-4H2,1-2H3. The average Bonchev–Trinajstić information content (AvgIpc) is 2.94. The Morgan fingerprint density at radius 3 is 2.29 bits per heavy atom. The summed E-state index contributed by atoms with van der Waals surface area (Å²) in [4.78, 5) is 25.0. The minimum absolute atomic E-state index is 0.0144. The summed E-state index contributed by atoms with van der Waals surface area (Å²) in [6.07, 6.45) is 0.114. The van der Waals surface area contributed by atoms with Crippen molar-refractivity contribution in [1.29, 1.82) is 0 Å². The van der Waals surface area contributed by atoms with Gasteiger partial charge in [0.1, 0.15) is 0 Å². The van der Waals surface area contributed by atoms with Gasteiger partial charge in [-0.15, -0.1) is 0 Å². The lowest BCUT2D eigenvalue weighted by molar-refractivity contribution is -0.143. The van der Waals surface area contributed by atoms with Gasteiger partial charge in [0, 0.05) is 0 Å². The predicted molar refractivity (Wildman–Crippen MR) is 47.2 cm³/mol. The lowest BCUT2D eigenvalue weighted by Crippen LogP contribution is -2.38. The molecule has 0 aromatic heterocycles. The summed E-state index contributed by atoms with van der Waals surface area (Å²) in [5, 5.41) is 0. The van der Waals surface area contributed by atoms with E-state index in [0.29, 0.717) is 13.2 Å². The third-order valence-corrected chi connectivity index (χ3v) is 3.68. The smallest absolute Gasteiger partial charge is 0.233 e. The minimum atomic E-state index is -0.0882. The van der Waals surface area contributed by atoms with Gasteiger partial charge >= 0.3 is 0 Å². The van der Waals surface area contributed by atoms with Crippen molar-refractivity contribution in [2.45, 2.75) is 20.0 Å². The van der Waals surface area contributed by atoms with E-state index in [0.717, 1.165) is 0 Å². The zero-order chi connectivity index (χ0) is 10.1. The van der Waals surface area contributed by atoms with Gasteiger partial charge in [0.05, 0.1) is 31.1 Å². The number of piperidine rings is 1. The first kappa shape index (κ1) is 8.41. The topological polar surface area (TPSA) is 49.9 Å². The van der Waals surface area contributed by atoms with Crippen LogP contribution in [0, 0.1) is 17.3 Å². The van der Waals surface area contributed by atoms with Crippen LogP contribution in [0.4, 0.5) is 0 Å². The number of carbonyl (C=O) groups is 2. The summed E-state index contributed by atoms with van der Waals surface area (Å²) in [6.45, 7) is 5.14. The van der Waals surface area contributed by atoms with Gasteiger partial charge in [-0.3, -0.25) is 14.5 Å².